The van der Waals surface area contributed by atoms with Gasteiger partial charge in [-0.3, -0.25) is 0 Å². The van der Waals surface area contributed by atoms with Gasteiger partial charge in [-0.2, -0.15) is 0 Å². The topological polar surface area (TPSA) is 19.6 Å². The van der Waals surface area contributed by atoms with Crippen molar-refractivity contribution in [3.8, 4) is 33.4 Å². The molecular weight excluding hydrogens is 1000 g/mol. The summed E-state index contributed by atoms with van der Waals surface area (Å²) in [5.74, 6) is 0. The third-order valence-corrected chi connectivity index (χ3v) is 18.9. The van der Waals surface area contributed by atoms with Crippen LogP contribution in [0.4, 0.5) is 34.1 Å². The average Bonchev–Trinajstić information content (AvgIpc) is 1.50. The minimum Gasteiger partial charge on any atom is -0.455 e. The number of benzene rings is 10. The van der Waals surface area contributed by atoms with E-state index >= 15 is 0 Å². The molecule has 14 rings (SSSR count). The third kappa shape index (κ3) is 7.82. The molecule has 10 aromatic carbocycles. The van der Waals surface area contributed by atoms with Crippen LogP contribution in [0.1, 0.15) is 153 Å². The van der Waals surface area contributed by atoms with Gasteiger partial charge in [0.25, 0.3) is 0 Å². The lowest BCUT2D eigenvalue weighted by Crippen LogP contribution is -2.27. The number of rotatable bonds is 6. The van der Waals surface area contributed by atoms with Gasteiger partial charge in [-0.15, -0.1) is 0 Å². The monoisotopic (exact) mass is 1080 g/mol. The Kier molecular flexibility index (Phi) is 11.5. The Bertz CT molecular complexity index is 4250. The van der Waals surface area contributed by atoms with Crippen molar-refractivity contribution in [1.82, 2.24) is 0 Å². The van der Waals surface area contributed by atoms with E-state index < -0.39 is 10.8 Å². The van der Waals surface area contributed by atoms with Crippen molar-refractivity contribution < 1.29 is 4.42 Å². The first-order chi connectivity index (χ1) is 39.5. The van der Waals surface area contributed by atoms with E-state index in [-0.39, 0.29) is 21.7 Å². The molecule has 0 saturated heterocycles. The number of hydrogen-bond donors (Lipinski definition) is 0. The molecule has 0 N–H and O–H groups in total. The van der Waals surface area contributed by atoms with E-state index in [1.54, 1.807) is 0 Å². The predicted octanol–water partition coefficient (Wildman–Crippen LogP) is 22.4. The molecule has 3 aliphatic carbocycles. The fourth-order valence-corrected chi connectivity index (χ4v) is 14.5. The summed E-state index contributed by atoms with van der Waals surface area (Å²) in [5.41, 5.74) is 27.6. The van der Waals surface area contributed by atoms with Crippen molar-refractivity contribution in [3.05, 3.63) is 262 Å². The minimum absolute atomic E-state index is 0.0141. The Morgan fingerprint density at radius 2 is 0.699 bits per heavy atom. The summed E-state index contributed by atoms with van der Waals surface area (Å²) in [5, 5.41) is 2.19. The molecule has 0 atom stereocenters. The second-order valence-corrected chi connectivity index (χ2v) is 28.6. The van der Waals surface area contributed by atoms with Gasteiger partial charge in [0.05, 0.1) is 22.2 Å². The standard InChI is InChI=1S/C80H76N2O/c1-75(2,3)49-31-39-53(40-32-49)81(54-41-33-50(34-42-54)76(4,5)6)66-47-65-72(74-69(66)60-26-18-22-30-68(60)83-74)71-64(80(65)62-28-20-15-23-57(62)58-24-16-21-29-63(58)80)48-67(73-70(71)59-25-17-19-27-61(59)79(73,13)14)82(55-43-35-51(36-44-55)77(7,8)9)56-45-37-52(38-46-56)78(10,11)12/h15-48H,1-14H3. The van der Waals surface area contributed by atoms with Crippen LogP contribution in [-0.4, -0.2) is 0 Å². The fraction of sp³-hybridized carbons (Fsp3) is 0.250. The summed E-state index contributed by atoms with van der Waals surface area (Å²) in [7, 11) is 0. The first-order valence-electron chi connectivity index (χ1n) is 30.0. The Morgan fingerprint density at radius 3 is 1.14 bits per heavy atom. The normalized spacial score (nSPS) is 14.6. The lowest BCUT2D eigenvalue weighted by Gasteiger charge is -2.36. The smallest absolute Gasteiger partial charge is 0.145 e. The second-order valence-electron chi connectivity index (χ2n) is 28.6. The zero-order valence-corrected chi connectivity index (χ0v) is 50.9. The van der Waals surface area contributed by atoms with E-state index in [4.69, 9.17) is 4.42 Å². The lowest BCUT2D eigenvalue weighted by molar-refractivity contribution is 0.590. The summed E-state index contributed by atoms with van der Waals surface area (Å²) < 4.78 is 7.68. The number of hydrogen-bond acceptors (Lipinski definition) is 3. The first kappa shape index (κ1) is 52.7. The van der Waals surface area contributed by atoms with E-state index in [9.17, 15) is 0 Å². The van der Waals surface area contributed by atoms with Crippen molar-refractivity contribution >= 4 is 56.1 Å². The van der Waals surface area contributed by atoms with E-state index in [1.807, 2.05) is 0 Å². The van der Waals surface area contributed by atoms with Crippen LogP contribution in [0.5, 0.6) is 0 Å². The van der Waals surface area contributed by atoms with Crippen molar-refractivity contribution in [2.75, 3.05) is 9.80 Å². The molecule has 0 fully saturated rings. The van der Waals surface area contributed by atoms with Gasteiger partial charge < -0.3 is 14.2 Å². The molecule has 1 spiro atoms. The highest BCUT2D eigenvalue weighted by molar-refractivity contribution is 6.21. The predicted molar refractivity (Wildman–Crippen MR) is 352 cm³/mol. The maximum absolute atomic E-state index is 7.68. The van der Waals surface area contributed by atoms with Crippen LogP contribution in [0.2, 0.25) is 0 Å². The van der Waals surface area contributed by atoms with Gasteiger partial charge in [-0.25, -0.2) is 0 Å². The van der Waals surface area contributed by atoms with Crippen LogP contribution in [0.25, 0.3) is 55.3 Å². The Labute approximate surface area is 492 Å². The summed E-state index contributed by atoms with van der Waals surface area (Å²) in [6, 6.07) is 79.2. The van der Waals surface area contributed by atoms with Gasteiger partial charge in [0.1, 0.15) is 11.2 Å². The molecule has 1 heterocycles. The number of furan rings is 1. The van der Waals surface area contributed by atoms with Gasteiger partial charge >= 0.3 is 0 Å². The Balaban J connectivity index is 1.17. The lowest BCUT2D eigenvalue weighted by atomic mass is 9.69. The largest absolute Gasteiger partial charge is 0.455 e. The molecule has 0 bridgehead atoms. The summed E-state index contributed by atoms with van der Waals surface area (Å²) >= 11 is 0. The first-order valence-corrected chi connectivity index (χ1v) is 30.0. The third-order valence-electron chi connectivity index (χ3n) is 18.9. The molecular formula is C80H76N2O. The highest BCUT2D eigenvalue weighted by Gasteiger charge is 2.56. The van der Waals surface area contributed by atoms with Crippen LogP contribution in [0.3, 0.4) is 0 Å². The van der Waals surface area contributed by atoms with Crippen LogP contribution in [-0.2, 0) is 32.5 Å². The number of fused-ring (bicyclic) bond motifs is 18. The average molecular weight is 1080 g/mol. The van der Waals surface area contributed by atoms with Crippen molar-refractivity contribution in [2.24, 2.45) is 0 Å². The van der Waals surface area contributed by atoms with Crippen molar-refractivity contribution in [2.45, 2.75) is 129 Å². The highest BCUT2D eigenvalue weighted by Crippen LogP contribution is 2.70. The molecule has 3 aliphatic rings. The Morgan fingerprint density at radius 1 is 0.337 bits per heavy atom. The van der Waals surface area contributed by atoms with E-state index in [1.165, 1.54) is 94.7 Å². The fourth-order valence-electron chi connectivity index (χ4n) is 14.5. The Hall–Kier alpha value is -8.40. The highest BCUT2D eigenvalue weighted by atomic mass is 16.3. The van der Waals surface area contributed by atoms with E-state index in [0.29, 0.717) is 0 Å². The zero-order valence-electron chi connectivity index (χ0n) is 50.9. The molecule has 0 unspecified atom stereocenters. The molecule has 412 valence electrons. The molecule has 3 heteroatoms. The molecule has 0 aliphatic heterocycles. The molecule has 0 amide bonds. The number of para-hydroxylation sites is 1. The van der Waals surface area contributed by atoms with Gasteiger partial charge in [-0.1, -0.05) is 236 Å². The molecule has 3 nitrogen and oxygen atoms in total. The quantitative estimate of drug-likeness (QED) is 0.165. The maximum Gasteiger partial charge on any atom is 0.145 e. The summed E-state index contributed by atoms with van der Waals surface area (Å²) in [6.07, 6.45) is 0. The van der Waals surface area contributed by atoms with Crippen molar-refractivity contribution in [3.63, 3.8) is 0 Å². The molecule has 1 aromatic heterocycles. The maximum atomic E-state index is 7.68. The van der Waals surface area contributed by atoms with Crippen LogP contribution in [0.15, 0.2) is 211 Å². The zero-order chi connectivity index (χ0) is 57.9. The van der Waals surface area contributed by atoms with Crippen molar-refractivity contribution in [1.29, 1.82) is 0 Å². The summed E-state index contributed by atoms with van der Waals surface area (Å²) in [6.45, 7) is 32.5. The molecule has 0 radical (unpaired) electrons. The number of nitrogens with zero attached hydrogens (tertiary/aromatic N) is 2. The van der Waals surface area contributed by atoms with Gasteiger partial charge in [-0.05, 0) is 172 Å². The van der Waals surface area contributed by atoms with Crippen LogP contribution in [0, 0.1) is 0 Å². The summed E-state index contributed by atoms with van der Waals surface area (Å²) in [4.78, 5) is 5.10. The minimum atomic E-state index is -0.777. The SMILES string of the molecule is CC(C)(C)c1ccc(N(c2ccc(C(C)(C)C)cc2)c2cc3c(c4c2C(C)(C)c2ccccc2-4)-c2c(cc(N(c4ccc(C(C)(C)C)cc4)c4ccc(C(C)(C)C)cc4)c4c2oc2ccccc24)C32c3ccccc3-c3ccccc32)cc1. The molecule has 0 saturated carbocycles. The molecule has 83 heavy (non-hydrogen) atoms. The number of anilines is 6. The van der Waals surface area contributed by atoms with Gasteiger partial charge in [0, 0.05) is 39.1 Å². The molecule has 11 aromatic rings. The van der Waals surface area contributed by atoms with Crippen LogP contribution < -0.4 is 9.80 Å². The van der Waals surface area contributed by atoms with Gasteiger partial charge in [0.2, 0.25) is 0 Å². The van der Waals surface area contributed by atoms with Gasteiger partial charge in [0.15, 0.2) is 0 Å². The van der Waals surface area contributed by atoms with E-state index in [2.05, 4.69) is 313 Å². The second kappa shape index (κ2) is 18.1. The van der Waals surface area contributed by atoms with E-state index in [0.717, 1.165) is 50.4 Å². The van der Waals surface area contributed by atoms with Crippen LogP contribution >= 0.6 is 0 Å².